The molecule has 0 spiro atoms. The molecule has 2 aromatic rings. The summed E-state index contributed by atoms with van der Waals surface area (Å²) >= 11 is 13.4. The van der Waals surface area contributed by atoms with E-state index in [0.29, 0.717) is 30.9 Å². The first-order valence-corrected chi connectivity index (χ1v) is 10.8. The molecule has 1 aromatic carbocycles. The zero-order chi connectivity index (χ0) is 18.0. The highest BCUT2D eigenvalue weighted by molar-refractivity contribution is 7.89. The highest BCUT2D eigenvalue weighted by Gasteiger charge is 2.30. The van der Waals surface area contributed by atoms with E-state index in [9.17, 15) is 13.2 Å². The molecule has 1 fully saturated rings. The second-order valence-corrected chi connectivity index (χ2v) is 9.22. The van der Waals surface area contributed by atoms with Gasteiger partial charge in [0.2, 0.25) is 10.0 Å². The Hall–Kier alpha value is -1.12. The van der Waals surface area contributed by atoms with Crippen molar-refractivity contribution in [3.8, 4) is 0 Å². The van der Waals surface area contributed by atoms with Crippen LogP contribution in [0.4, 0.5) is 0 Å². The number of hydrogen-bond acceptors (Lipinski definition) is 4. The van der Waals surface area contributed by atoms with E-state index in [2.05, 4.69) is 0 Å². The van der Waals surface area contributed by atoms with Crippen molar-refractivity contribution in [2.45, 2.75) is 11.3 Å². The van der Waals surface area contributed by atoms with Crippen molar-refractivity contribution in [3.63, 3.8) is 0 Å². The Kier molecular flexibility index (Phi) is 5.70. The van der Waals surface area contributed by atoms with E-state index in [1.54, 1.807) is 23.1 Å². The van der Waals surface area contributed by atoms with Gasteiger partial charge in [0.1, 0.15) is 4.90 Å². The van der Waals surface area contributed by atoms with Crippen molar-refractivity contribution < 1.29 is 13.2 Å². The third-order valence-corrected chi connectivity index (χ3v) is 7.74. The third-order valence-electron chi connectivity index (χ3n) is 4.01. The predicted molar refractivity (Wildman–Crippen MR) is 100 cm³/mol. The van der Waals surface area contributed by atoms with Crippen LogP contribution in [-0.2, 0) is 10.0 Å². The lowest BCUT2D eigenvalue weighted by atomic mass is 10.3. The van der Waals surface area contributed by atoms with Crippen LogP contribution < -0.4 is 0 Å². The summed E-state index contributed by atoms with van der Waals surface area (Å²) in [5.74, 6) is -0.0602. The molecule has 5 nitrogen and oxygen atoms in total. The van der Waals surface area contributed by atoms with Gasteiger partial charge >= 0.3 is 0 Å². The lowest BCUT2D eigenvalue weighted by Gasteiger charge is -2.22. The molecule has 1 aliphatic rings. The van der Waals surface area contributed by atoms with Crippen LogP contribution in [0.2, 0.25) is 10.0 Å². The van der Waals surface area contributed by atoms with E-state index in [-0.39, 0.29) is 27.4 Å². The van der Waals surface area contributed by atoms with Gasteiger partial charge in [-0.2, -0.15) is 4.31 Å². The van der Waals surface area contributed by atoms with Crippen LogP contribution in [0.5, 0.6) is 0 Å². The quantitative estimate of drug-likeness (QED) is 0.764. The fourth-order valence-electron chi connectivity index (χ4n) is 2.72. The summed E-state index contributed by atoms with van der Waals surface area (Å²) in [6.07, 6.45) is 0.564. The normalized spacial score (nSPS) is 16.6. The molecule has 0 N–H and O–H groups in total. The largest absolute Gasteiger partial charge is 0.337 e. The van der Waals surface area contributed by atoms with Crippen LogP contribution >= 0.6 is 34.5 Å². The summed E-state index contributed by atoms with van der Waals surface area (Å²) in [7, 11) is -3.76. The highest BCUT2D eigenvalue weighted by atomic mass is 35.5. The topological polar surface area (TPSA) is 57.7 Å². The van der Waals surface area contributed by atoms with E-state index in [0.717, 1.165) is 0 Å². The van der Waals surface area contributed by atoms with Crippen LogP contribution in [0, 0.1) is 0 Å². The van der Waals surface area contributed by atoms with Crippen LogP contribution in [0.15, 0.2) is 40.6 Å². The van der Waals surface area contributed by atoms with Gasteiger partial charge in [-0.05, 0) is 30.0 Å². The van der Waals surface area contributed by atoms with Crippen molar-refractivity contribution in [1.82, 2.24) is 9.21 Å². The van der Waals surface area contributed by atoms with Gasteiger partial charge < -0.3 is 4.90 Å². The van der Waals surface area contributed by atoms with Crippen LogP contribution in [0.1, 0.15) is 16.1 Å². The first-order valence-electron chi connectivity index (χ1n) is 7.68. The standard InChI is InChI=1S/C16H16Cl2N2O3S2/c17-12-4-1-6-14(15(12)18)25(22,23)20-8-3-7-19(9-10-20)16(21)13-5-2-11-24-13/h1-2,4-6,11H,3,7-10H2. The van der Waals surface area contributed by atoms with E-state index >= 15 is 0 Å². The van der Waals surface area contributed by atoms with Crippen LogP contribution in [-0.4, -0.2) is 49.7 Å². The third kappa shape index (κ3) is 3.85. The molecule has 0 saturated carbocycles. The summed E-state index contributed by atoms with van der Waals surface area (Å²) < 4.78 is 27.2. The minimum atomic E-state index is -3.76. The van der Waals surface area contributed by atoms with Gasteiger partial charge in [-0.15, -0.1) is 11.3 Å². The molecule has 0 unspecified atom stereocenters. The van der Waals surface area contributed by atoms with Gasteiger partial charge in [0, 0.05) is 26.2 Å². The van der Waals surface area contributed by atoms with Crippen molar-refractivity contribution in [1.29, 1.82) is 0 Å². The van der Waals surface area contributed by atoms with E-state index in [4.69, 9.17) is 23.2 Å². The molecular weight excluding hydrogens is 403 g/mol. The minimum Gasteiger partial charge on any atom is -0.337 e. The Balaban J connectivity index is 1.78. The highest BCUT2D eigenvalue weighted by Crippen LogP contribution is 2.31. The monoisotopic (exact) mass is 418 g/mol. The van der Waals surface area contributed by atoms with E-state index in [1.165, 1.54) is 21.7 Å². The number of rotatable bonds is 3. The number of thiophene rings is 1. The first kappa shape index (κ1) is 18.7. The van der Waals surface area contributed by atoms with Crippen LogP contribution in [0.25, 0.3) is 0 Å². The van der Waals surface area contributed by atoms with Crippen molar-refractivity contribution in [2.24, 2.45) is 0 Å². The Morgan fingerprint density at radius 1 is 1.04 bits per heavy atom. The Morgan fingerprint density at radius 2 is 1.84 bits per heavy atom. The lowest BCUT2D eigenvalue weighted by Crippen LogP contribution is -2.37. The van der Waals surface area contributed by atoms with Gasteiger partial charge in [-0.1, -0.05) is 35.3 Å². The zero-order valence-electron chi connectivity index (χ0n) is 13.2. The second kappa shape index (κ2) is 7.63. The number of halogens is 2. The van der Waals surface area contributed by atoms with Crippen molar-refractivity contribution in [2.75, 3.05) is 26.2 Å². The average molecular weight is 419 g/mol. The Bertz CT molecular complexity index is 870. The number of benzene rings is 1. The smallest absolute Gasteiger partial charge is 0.263 e. The SMILES string of the molecule is O=C(c1cccs1)N1CCCN(S(=O)(=O)c2cccc(Cl)c2Cl)CC1. The molecule has 25 heavy (non-hydrogen) atoms. The molecule has 0 atom stereocenters. The Labute approximate surface area is 160 Å². The summed E-state index contributed by atoms with van der Waals surface area (Å²) in [6, 6.07) is 8.16. The average Bonchev–Trinajstić information content (AvgIpc) is 3.00. The van der Waals surface area contributed by atoms with Gasteiger partial charge in [0.25, 0.3) is 5.91 Å². The number of carbonyl (C=O) groups is 1. The van der Waals surface area contributed by atoms with Crippen molar-refractivity contribution >= 4 is 50.5 Å². The summed E-state index contributed by atoms with van der Waals surface area (Å²) in [4.78, 5) is 14.8. The predicted octanol–water partition coefficient (Wildman–Crippen LogP) is 3.59. The molecular formula is C16H16Cl2N2O3S2. The fourth-order valence-corrected chi connectivity index (χ4v) is 5.61. The lowest BCUT2D eigenvalue weighted by molar-refractivity contribution is 0.0769. The molecule has 1 aromatic heterocycles. The van der Waals surface area contributed by atoms with Gasteiger partial charge in [-0.25, -0.2) is 8.42 Å². The number of sulfonamides is 1. The van der Waals surface area contributed by atoms with Crippen LogP contribution in [0.3, 0.4) is 0 Å². The molecule has 2 heterocycles. The fraction of sp³-hybridized carbons (Fsp3) is 0.312. The summed E-state index contributed by atoms with van der Waals surface area (Å²) in [6.45, 7) is 1.42. The summed E-state index contributed by atoms with van der Waals surface area (Å²) in [5, 5.41) is 2.08. The maximum atomic E-state index is 12.9. The van der Waals surface area contributed by atoms with E-state index in [1.807, 2.05) is 11.4 Å². The molecule has 1 saturated heterocycles. The van der Waals surface area contributed by atoms with Gasteiger partial charge in [-0.3, -0.25) is 4.79 Å². The molecule has 3 rings (SSSR count). The number of hydrogen-bond donors (Lipinski definition) is 0. The number of amides is 1. The molecule has 1 amide bonds. The maximum absolute atomic E-state index is 12.9. The number of nitrogens with zero attached hydrogens (tertiary/aromatic N) is 2. The molecule has 0 aliphatic carbocycles. The van der Waals surface area contributed by atoms with Gasteiger partial charge in [0.05, 0.1) is 14.9 Å². The molecule has 9 heteroatoms. The summed E-state index contributed by atoms with van der Waals surface area (Å²) in [5.41, 5.74) is 0. The minimum absolute atomic E-state index is 0.000278. The molecule has 134 valence electrons. The van der Waals surface area contributed by atoms with Crippen molar-refractivity contribution in [3.05, 3.63) is 50.6 Å². The number of carbonyl (C=O) groups excluding carboxylic acids is 1. The van der Waals surface area contributed by atoms with Gasteiger partial charge in [0.15, 0.2) is 0 Å². The maximum Gasteiger partial charge on any atom is 0.263 e. The zero-order valence-corrected chi connectivity index (χ0v) is 16.3. The molecule has 0 radical (unpaired) electrons. The van der Waals surface area contributed by atoms with E-state index < -0.39 is 10.0 Å². The molecule has 0 bridgehead atoms. The second-order valence-electron chi connectivity index (χ2n) is 5.58. The first-order chi connectivity index (χ1) is 11.9. The molecule has 1 aliphatic heterocycles. The Morgan fingerprint density at radius 3 is 2.56 bits per heavy atom.